The standard InChI is InChI=1S/C15H17IN3O2PS2/c1-13(2)22(16)17-23(20,14-9-5-3-6-10-14)19-24(21,18-22)15-11-7-4-8-12-15/h3-13H,1-2H3. The monoisotopic (exact) mass is 493 g/mol. The minimum Gasteiger partial charge on any atom is -0.600 e. The molecule has 0 saturated heterocycles. The van der Waals surface area contributed by atoms with Crippen molar-refractivity contribution in [1.82, 2.24) is 0 Å². The molecule has 1 aliphatic rings. The van der Waals surface area contributed by atoms with Gasteiger partial charge in [0, 0.05) is 27.7 Å². The average Bonchev–Trinajstić information content (AvgIpc) is 2.55. The van der Waals surface area contributed by atoms with Crippen molar-refractivity contribution in [2.75, 3.05) is 0 Å². The molecule has 0 spiro atoms. The van der Waals surface area contributed by atoms with Gasteiger partial charge in [0.2, 0.25) is 4.85 Å². The summed E-state index contributed by atoms with van der Waals surface area (Å²) in [6.45, 7) is 3.93. The number of hydrogen-bond donors (Lipinski definition) is 0. The summed E-state index contributed by atoms with van der Waals surface area (Å²) in [7, 11) is -6.31. The predicted molar refractivity (Wildman–Crippen MR) is 109 cm³/mol. The first kappa shape index (κ1) is 18.4. The third-order valence-electron chi connectivity index (χ3n) is 3.41. The molecule has 0 amide bonds. The molecule has 3 atom stereocenters. The lowest BCUT2D eigenvalue weighted by Gasteiger charge is -2.28. The SMILES string of the molecule is CC(C)P1(I)=N[S+]([O-])(c2ccccc2)=N[S+]([O-])(c2ccccc2)=N1. The van der Waals surface area contributed by atoms with Crippen LogP contribution in [0.2, 0.25) is 0 Å². The molecule has 3 unspecified atom stereocenters. The van der Waals surface area contributed by atoms with Crippen molar-refractivity contribution < 1.29 is 9.11 Å². The van der Waals surface area contributed by atoms with Gasteiger partial charge in [0.25, 0.3) is 0 Å². The zero-order chi connectivity index (χ0) is 17.4. The van der Waals surface area contributed by atoms with Crippen LogP contribution in [-0.2, 0) is 20.6 Å². The maximum atomic E-state index is 13.6. The Labute approximate surface area is 157 Å². The molecule has 0 radical (unpaired) electrons. The van der Waals surface area contributed by atoms with Crippen LogP contribution >= 0.6 is 26.9 Å². The van der Waals surface area contributed by atoms with Crippen molar-refractivity contribution in [2.45, 2.75) is 29.3 Å². The molecule has 2 aromatic rings. The first-order valence-electron chi connectivity index (χ1n) is 7.28. The molecule has 0 aliphatic carbocycles. The minimum atomic E-state index is -3.15. The van der Waals surface area contributed by atoms with Crippen LogP contribution in [0.5, 0.6) is 0 Å². The number of benzene rings is 2. The van der Waals surface area contributed by atoms with Gasteiger partial charge in [-0.2, -0.15) is 0 Å². The van der Waals surface area contributed by atoms with Gasteiger partial charge < -0.3 is 9.11 Å². The summed E-state index contributed by atoms with van der Waals surface area (Å²) < 4.78 is 40.4. The zero-order valence-electron chi connectivity index (χ0n) is 13.2. The summed E-state index contributed by atoms with van der Waals surface area (Å²) in [6.07, 6.45) is 0. The molecule has 24 heavy (non-hydrogen) atoms. The molecular formula is C15H17IN3O2PS2. The highest BCUT2D eigenvalue weighted by molar-refractivity contribution is 14.2. The summed E-state index contributed by atoms with van der Waals surface area (Å²) >= 11 is 2.14. The van der Waals surface area contributed by atoms with Gasteiger partial charge in [-0.05, 0) is 24.3 Å². The summed E-state index contributed by atoms with van der Waals surface area (Å²) in [5.41, 5.74) is 0.0303. The highest BCUT2D eigenvalue weighted by Crippen LogP contribution is 2.68. The third-order valence-corrected chi connectivity index (χ3v) is 18.2. The molecule has 1 heterocycles. The average molecular weight is 493 g/mol. The van der Waals surface area contributed by atoms with Crippen molar-refractivity contribution >= 4 is 47.5 Å². The second kappa shape index (κ2) is 6.74. The molecule has 5 nitrogen and oxygen atoms in total. The van der Waals surface area contributed by atoms with Gasteiger partial charge in [0.15, 0.2) is 9.79 Å². The third kappa shape index (κ3) is 3.45. The van der Waals surface area contributed by atoms with Gasteiger partial charge in [0.1, 0.15) is 24.4 Å². The van der Waals surface area contributed by atoms with Gasteiger partial charge in [-0.1, -0.05) is 58.5 Å². The molecule has 0 aromatic heterocycles. The van der Waals surface area contributed by atoms with E-state index in [2.05, 4.69) is 34.1 Å². The van der Waals surface area contributed by atoms with Crippen LogP contribution in [0, 0.1) is 0 Å². The Kier molecular flexibility index (Phi) is 5.17. The predicted octanol–water partition coefficient (Wildman–Crippen LogP) is 5.76. The first-order valence-corrected chi connectivity index (χ1v) is 14.8. The summed E-state index contributed by atoms with van der Waals surface area (Å²) in [5.74, 6) is 0. The van der Waals surface area contributed by atoms with Crippen LogP contribution in [0.4, 0.5) is 0 Å². The smallest absolute Gasteiger partial charge is 0.236 e. The lowest BCUT2D eigenvalue weighted by Crippen LogP contribution is -2.19. The minimum absolute atomic E-state index is 0.0303. The highest BCUT2D eigenvalue weighted by Gasteiger charge is 2.41. The van der Waals surface area contributed by atoms with E-state index in [-0.39, 0.29) is 5.66 Å². The van der Waals surface area contributed by atoms with Crippen LogP contribution in [-0.4, -0.2) is 14.8 Å². The van der Waals surface area contributed by atoms with E-state index in [1.54, 1.807) is 48.5 Å². The lowest BCUT2D eigenvalue weighted by molar-refractivity contribution is 0.575. The van der Waals surface area contributed by atoms with Crippen LogP contribution in [0.1, 0.15) is 13.8 Å². The van der Waals surface area contributed by atoms with Gasteiger partial charge in [-0.3, -0.25) is 0 Å². The van der Waals surface area contributed by atoms with E-state index in [9.17, 15) is 9.11 Å². The molecule has 0 fully saturated rings. The second-order valence-corrected chi connectivity index (χ2v) is 16.8. The Hall–Kier alpha value is -0.380. The molecule has 9 heteroatoms. The summed E-state index contributed by atoms with van der Waals surface area (Å²) in [6, 6.07) is 17.7. The van der Waals surface area contributed by atoms with Crippen LogP contribution in [0.3, 0.4) is 0 Å². The van der Waals surface area contributed by atoms with Gasteiger partial charge in [-0.15, -0.1) is 0 Å². The van der Waals surface area contributed by atoms with Crippen molar-refractivity contribution in [1.29, 1.82) is 0 Å². The Morgan fingerprint density at radius 3 is 1.79 bits per heavy atom. The highest BCUT2D eigenvalue weighted by atomic mass is 127. The fourth-order valence-electron chi connectivity index (χ4n) is 2.06. The van der Waals surface area contributed by atoms with E-state index in [4.69, 9.17) is 0 Å². The number of hydrogen-bond acceptors (Lipinski definition) is 5. The first-order chi connectivity index (χ1) is 11.3. The molecule has 0 bridgehead atoms. The fourth-order valence-corrected chi connectivity index (χ4v) is 15.1. The molecule has 128 valence electrons. The van der Waals surface area contributed by atoms with Gasteiger partial charge in [0.05, 0.1) is 0 Å². The van der Waals surface area contributed by atoms with Crippen molar-refractivity contribution in [2.24, 2.45) is 12.1 Å². The van der Waals surface area contributed by atoms with Crippen molar-refractivity contribution in [3.05, 3.63) is 60.7 Å². The Balaban J connectivity index is 2.36. The quantitative estimate of drug-likeness (QED) is 0.310. The molecule has 0 saturated carbocycles. The molecule has 2 aromatic carbocycles. The van der Waals surface area contributed by atoms with Crippen molar-refractivity contribution in [3.63, 3.8) is 0 Å². The summed E-state index contributed by atoms with van der Waals surface area (Å²) in [5, 5.41) is 0. The number of rotatable bonds is 3. The Morgan fingerprint density at radius 1 is 0.875 bits per heavy atom. The van der Waals surface area contributed by atoms with E-state index in [0.717, 1.165) is 0 Å². The van der Waals surface area contributed by atoms with Crippen molar-refractivity contribution in [3.8, 4) is 0 Å². The van der Waals surface area contributed by atoms with E-state index in [0.29, 0.717) is 9.79 Å². The van der Waals surface area contributed by atoms with Crippen LogP contribution in [0.15, 0.2) is 82.5 Å². The molecular weight excluding hydrogens is 476 g/mol. The fraction of sp³-hybridized carbons (Fsp3) is 0.200. The Bertz CT molecular complexity index is 872. The topological polar surface area (TPSA) is 83.2 Å². The second-order valence-electron chi connectivity index (χ2n) is 5.52. The molecule has 0 N–H and O–H groups in total. The molecule has 3 rings (SSSR count). The lowest BCUT2D eigenvalue weighted by atomic mass is 10.4. The maximum absolute atomic E-state index is 13.6. The normalized spacial score (nSPS) is 32.6. The van der Waals surface area contributed by atoms with E-state index in [1.807, 2.05) is 26.0 Å². The number of nitrogens with zero attached hydrogens (tertiary/aromatic N) is 3. The zero-order valence-corrected chi connectivity index (χ0v) is 17.8. The van der Waals surface area contributed by atoms with Crippen LogP contribution < -0.4 is 0 Å². The van der Waals surface area contributed by atoms with E-state index in [1.165, 1.54) is 0 Å². The largest absolute Gasteiger partial charge is 0.600 e. The van der Waals surface area contributed by atoms with E-state index >= 15 is 0 Å². The summed E-state index contributed by atoms with van der Waals surface area (Å²) in [4.78, 5) is -1.48. The van der Waals surface area contributed by atoms with Gasteiger partial charge >= 0.3 is 0 Å². The van der Waals surface area contributed by atoms with Crippen LogP contribution in [0.25, 0.3) is 0 Å². The Morgan fingerprint density at radius 2 is 1.33 bits per heavy atom. The number of halogens is 1. The van der Waals surface area contributed by atoms with E-state index < -0.39 is 25.4 Å². The molecule has 1 aliphatic heterocycles. The van der Waals surface area contributed by atoms with Gasteiger partial charge in [-0.25, -0.2) is 0 Å². The maximum Gasteiger partial charge on any atom is 0.236 e.